The molecule has 4 rings (SSSR count). The van der Waals surface area contributed by atoms with E-state index < -0.39 is 0 Å². The SMILES string of the molecule is Cc1[nH]c(=O)ccc1-c1cc(-c2c[nH]c3ncccc23)cc(=O)[nH]1. The highest BCUT2D eigenvalue weighted by Crippen LogP contribution is 2.29. The van der Waals surface area contributed by atoms with E-state index in [1.807, 2.05) is 24.4 Å². The number of fused-ring (bicyclic) bond motifs is 1. The van der Waals surface area contributed by atoms with E-state index in [-0.39, 0.29) is 11.1 Å². The molecule has 4 aromatic heterocycles. The summed E-state index contributed by atoms with van der Waals surface area (Å²) >= 11 is 0. The monoisotopic (exact) mass is 318 g/mol. The molecule has 4 heterocycles. The van der Waals surface area contributed by atoms with E-state index in [4.69, 9.17) is 0 Å². The van der Waals surface area contributed by atoms with Crippen molar-refractivity contribution in [3.8, 4) is 22.4 Å². The molecule has 24 heavy (non-hydrogen) atoms. The summed E-state index contributed by atoms with van der Waals surface area (Å²) in [6.45, 7) is 1.80. The molecular weight excluding hydrogens is 304 g/mol. The molecule has 0 aliphatic rings. The van der Waals surface area contributed by atoms with Crippen molar-refractivity contribution < 1.29 is 0 Å². The van der Waals surface area contributed by atoms with Crippen LogP contribution in [0.15, 0.2) is 58.4 Å². The zero-order chi connectivity index (χ0) is 16.7. The van der Waals surface area contributed by atoms with Gasteiger partial charge in [-0.1, -0.05) is 0 Å². The highest BCUT2D eigenvalue weighted by molar-refractivity contribution is 5.94. The molecule has 0 aromatic carbocycles. The van der Waals surface area contributed by atoms with Gasteiger partial charge in [0, 0.05) is 46.7 Å². The number of H-pyrrole nitrogens is 3. The van der Waals surface area contributed by atoms with Crippen LogP contribution in [0.25, 0.3) is 33.4 Å². The molecule has 0 unspecified atom stereocenters. The van der Waals surface area contributed by atoms with Crippen LogP contribution in [0.3, 0.4) is 0 Å². The summed E-state index contributed by atoms with van der Waals surface area (Å²) in [4.78, 5) is 36.5. The van der Waals surface area contributed by atoms with Crippen molar-refractivity contribution in [2.75, 3.05) is 0 Å². The molecule has 6 nitrogen and oxygen atoms in total. The Balaban J connectivity index is 1.94. The Labute approximate surface area is 136 Å². The zero-order valence-electron chi connectivity index (χ0n) is 12.9. The normalized spacial score (nSPS) is 11.0. The van der Waals surface area contributed by atoms with Crippen molar-refractivity contribution in [2.45, 2.75) is 6.92 Å². The predicted molar refractivity (Wildman–Crippen MR) is 92.9 cm³/mol. The fourth-order valence-corrected chi connectivity index (χ4v) is 2.91. The van der Waals surface area contributed by atoms with Gasteiger partial charge in [0.2, 0.25) is 11.1 Å². The Hall–Kier alpha value is -3.41. The smallest absolute Gasteiger partial charge is 0.249 e. The molecule has 0 bridgehead atoms. The van der Waals surface area contributed by atoms with Crippen LogP contribution in [0, 0.1) is 6.92 Å². The number of aromatic amines is 3. The highest BCUT2D eigenvalue weighted by atomic mass is 16.1. The lowest BCUT2D eigenvalue weighted by atomic mass is 10.0. The lowest BCUT2D eigenvalue weighted by molar-refractivity contribution is 1.13. The van der Waals surface area contributed by atoms with Crippen molar-refractivity contribution >= 4 is 11.0 Å². The lowest BCUT2D eigenvalue weighted by Crippen LogP contribution is -2.09. The maximum atomic E-state index is 12.1. The van der Waals surface area contributed by atoms with Crippen LogP contribution in [0.5, 0.6) is 0 Å². The van der Waals surface area contributed by atoms with Gasteiger partial charge >= 0.3 is 0 Å². The Morgan fingerprint density at radius 2 is 1.83 bits per heavy atom. The maximum absolute atomic E-state index is 12.1. The average Bonchev–Trinajstić information content (AvgIpc) is 2.98. The minimum atomic E-state index is -0.202. The van der Waals surface area contributed by atoms with Crippen LogP contribution < -0.4 is 11.1 Å². The molecule has 0 saturated heterocycles. The molecule has 0 saturated carbocycles. The summed E-state index contributed by atoms with van der Waals surface area (Å²) in [6.07, 6.45) is 3.56. The van der Waals surface area contributed by atoms with Gasteiger partial charge in [0.05, 0.1) is 5.69 Å². The van der Waals surface area contributed by atoms with Crippen LogP contribution >= 0.6 is 0 Å². The van der Waals surface area contributed by atoms with E-state index in [1.54, 1.807) is 25.3 Å². The van der Waals surface area contributed by atoms with Crippen molar-refractivity contribution in [3.05, 3.63) is 75.2 Å². The molecule has 0 fully saturated rings. The van der Waals surface area contributed by atoms with Crippen molar-refractivity contribution in [1.29, 1.82) is 0 Å². The van der Waals surface area contributed by atoms with Gasteiger partial charge in [-0.25, -0.2) is 4.98 Å². The number of pyridine rings is 3. The van der Waals surface area contributed by atoms with E-state index in [2.05, 4.69) is 19.9 Å². The minimum absolute atomic E-state index is 0.169. The third kappa shape index (κ3) is 2.34. The summed E-state index contributed by atoms with van der Waals surface area (Å²) in [5, 5.41) is 0.951. The van der Waals surface area contributed by atoms with Gasteiger partial charge in [0.15, 0.2) is 0 Å². The Morgan fingerprint density at radius 3 is 2.67 bits per heavy atom. The number of nitrogens with zero attached hydrogens (tertiary/aromatic N) is 1. The number of hydrogen-bond donors (Lipinski definition) is 3. The second kappa shape index (κ2) is 5.34. The molecule has 118 valence electrons. The molecule has 6 heteroatoms. The molecule has 0 aliphatic heterocycles. The topological polar surface area (TPSA) is 94.4 Å². The van der Waals surface area contributed by atoms with E-state index in [0.29, 0.717) is 11.4 Å². The molecule has 0 amide bonds. The molecule has 0 radical (unpaired) electrons. The number of aryl methyl sites for hydroxylation is 1. The zero-order valence-corrected chi connectivity index (χ0v) is 12.9. The summed E-state index contributed by atoms with van der Waals surface area (Å²) < 4.78 is 0. The second-order valence-corrected chi connectivity index (χ2v) is 5.61. The molecule has 0 atom stereocenters. The molecule has 4 aromatic rings. The van der Waals surface area contributed by atoms with Crippen molar-refractivity contribution in [2.24, 2.45) is 0 Å². The van der Waals surface area contributed by atoms with Gasteiger partial charge in [-0.15, -0.1) is 0 Å². The lowest BCUT2D eigenvalue weighted by Gasteiger charge is -2.07. The number of hydrogen-bond acceptors (Lipinski definition) is 3. The number of nitrogens with one attached hydrogen (secondary N) is 3. The first kappa shape index (κ1) is 14.2. The van der Waals surface area contributed by atoms with Gasteiger partial charge in [-0.3, -0.25) is 9.59 Å². The van der Waals surface area contributed by atoms with Crippen LogP contribution in [0.4, 0.5) is 0 Å². The second-order valence-electron chi connectivity index (χ2n) is 5.61. The maximum Gasteiger partial charge on any atom is 0.249 e. The van der Waals surface area contributed by atoms with Crippen LogP contribution in [-0.4, -0.2) is 19.9 Å². The summed E-state index contributed by atoms with van der Waals surface area (Å²) in [5.74, 6) is 0. The van der Waals surface area contributed by atoms with Gasteiger partial charge in [-0.05, 0) is 36.8 Å². The fourth-order valence-electron chi connectivity index (χ4n) is 2.91. The summed E-state index contributed by atoms with van der Waals surface area (Å²) in [7, 11) is 0. The van der Waals surface area contributed by atoms with Gasteiger partial charge in [-0.2, -0.15) is 0 Å². The Morgan fingerprint density at radius 1 is 0.958 bits per heavy atom. The summed E-state index contributed by atoms with van der Waals surface area (Å²) in [6, 6.07) is 10.4. The molecular formula is C18H14N4O2. The molecule has 3 N–H and O–H groups in total. The Bertz CT molecular complexity index is 1170. The van der Waals surface area contributed by atoms with E-state index in [9.17, 15) is 9.59 Å². The van der Waals surface area contributed by atoms with Crippen molar-refractivity contribution in [3.63, 3.8) is 0 Å². The average molecular weight is 318 g/mol. The summed E-state index contributed by atoms with van der Waals surface area (Å²) in [5.41, 5.74) is 4.25. The molecule has 0 spiro atoms. The number of rotatable bonds is 2. The predicted octanol–water partition coefficient (Wildman–Crippen LogP) is 2.58. The Kier molecular flexibility index (Phi) is 3.16. The fraction of sp³-hybridized carbons (Fsp3) is 0.0556. The third-order valence-electron chi connectivity index (χ3n) is 4.01. The van der Waals surface area contributed by atoms with Gasteiger partial charge in [0.25, 0.3) is 0 Å². The van der Waals surface area contributed by atoms with Gasteiger partial charge in [0.1, 0.15) is 5.65 Å². The molecule has 0 aliphatic carbocycles. The number of aromatic nitrogens is 4. The minimum Gasteiger partial charge on any atom is -0.346 e. The van der Waals surface area contributed by atoms with Crippen LogP contribution in [-0.2, 0) is 0 Å². The van der Waals surface area contributed by atoms with Crippen molar-refractivity contribution in [1.82, 2.24) is 19.9 Å². The largest absolute Gasteiger partial charge is 0.346 e. The van der Waals surface area contributed by atoms with E-state index in [0.717, 1.165) is 27.7 Å². The standard InChI is InChI=1S/C18H14N4O2/c1-10-12(4-5-16(23)21-10)15-7-11(8-17(24)22-15)14-9-20-18-13(14)3-2-6-19-18/h2-9H,1H3,(H,19,20)(H,21,23)(H,22,24). The van der Waals surface area contributed by atoms with Crippen LogP contribution in [0.1, 0.15) is 5.69 Å². The van der Waals surface area contributed by atoms with E-state index >= 15 is 0 Å². The first-order chi connectivity index (χ1) is 11.6. The van der Waals surface area contributed by atoms with Crippen LogP contribution in [0.2, 0.25) is 0 Å². The first-order valence-electron chi connectivity index (χ1n) is 7.49. The first-order valence-corrected chi connectivity index (χ1v) is 7.49. The third-order valence-corrected chi connectivity index (χ3v) is 4.01. The quantitative estimate of drug-likeness (QED) is 0.530. The highest BCUT2D eigenvalue weighted by Gasteiger charge is 2.11. The van der Waals surface area contributed by atoms with Gasteiger partial charge < -0.3 is 15.0 Å². The van der Waals surface area contributed by atoms with E-state index in [1.165, 1.54) is 6.07 Å².